The number of nitrogens with one attached hydrogen (secondary N) is 1. The molecule has 3 heterocycles. The standard InChI is InChI=1S/C23H26N4O2/c28-23(27(16-4-5-16)17-6-7-21-15(12-17)13-24-25-21)20-2-1-3-22-19(20)8-10-26(22)14-18-9-11-29-18/h1-3,8,10,13,16-18H,4-7,9,11-12,14H2,(H,24,25). The average Bonchev–Trinajstić information content (AvgIpc) is 3.27. The van der Waals surface area contributed by atoms with Crippen LogP contribution in [0, 0.1) is 0 Å². The largest absolute Gasteiger partial charge is 0.376 e. The van der Waals surface area contributed by atoms with E-state index in [-0.39, 0.29) is 11.9 Å². The summed E-state index contributed by atoms with van der Waals surface area (Å²) >= 11 is 0. The van der Waals surface area contributed by atoms with Crippen molar-refractivity contribution in [2.75, 3.05) is 6.61 Å². The number of carbonyl (C=O) groups is 1. The van der Waals surface area contributed by atoms with Crippen molar-refractivity contribution < 1.29 is 9.53 Å². The maximum atomic E-state index is 13.8. The number of amides is 1. The SMILES string of the molecule is O=C(c1cccc2c1ccn2CC1CCO1)N(C1CC1)C1CCc2[nH]ncc2C1. The summed E-state index contributed by atoms with van der Waals surface area (Å²) < 4.78 is 7.84. The van der Waals surface area contributed by atoms with E-state index in [1.165, 1.54) is 11.3 Å². The third-order valence-electron chi connectivity index (χ3n) is 6.80. The lowest BCUT2D eigenvalue weighted by Crippen LogP contribution is -2.44. The lowest BCUT2D eigenvalue weighted by molar-refractivity contribution is -0.0586. The zero-order valence-corrected chi connectivity index (χ0v) is 16.5. The lowest BCUT2D eigenvalue weighted by Gasteiger charge is -2.34. The molecule has 1 amide bonds. The summed E-state index contributed by atoms with van der Waals surface area (Å²) in [5.74, 6) is 0.188. The Labute approximate surface area is 169 Å². The van der Waals surface area contributed by atoms with Gasteiger partial charge in [-0.2, -0.15) is 5.10 Å². The predicted octanol–water partition coefficient (Wildman–Crippen LogP) is 3.32. The molecule has 1 N–H and O–H groups in total. The van der Waals surface area contributed by atoms with E-state index in [9.17, 15) is 4.79 Å². The van der Waals surface area contributed by atoms with Crippen molar-refractivity contribution in [2.24, 2.45) is 0 Å². The number of fused-ring (bicyclic) bond motifs is 2. The van der Waals surface area contributed by atoms with E-state index in [2.05, 4.69) is 38.0 Å². The lowest BCUT2D eigenvalue weighted by atomic mass is 9.91. The first kappa shape index (κ1) is 17.3. The third-order valence-corrected chi connectivity index (χ3v) is 6.80. The molecule has 150 valence electrons. The summed E-state index contributed by atoms with van der Waals surface area (Å²) in [6, 6.07) is 8.89. The van der Waals surface area contributed by atoms with Gasteiger partial charge in [-0.3, -0.25) is 9.89 Å². The van der Waals surface area contributed by atoms with Gasteiger partial charge in [-0.25, -0.2) is 0 Å². The fourth-order valence-corrected chi connectivity index (χ4v) is 4.97. The highest BCUT2D eigenvalue weighted by Crippen LogP contribution is 2.35. The Morgan fingerprint density at radius 1 is 1.21 bits per heavy atom. The quantitative estimate of drug-likeness (QED) is 0.727. The molecule has 3 aromatic rings. The van der Waals surface area contributed by atoms with Gasteiger partial charge in [0.25, 0.3) is 5.91 Å². The van der Waals surface area contributed by atoms with E-state index < -0.39 is 0 Å². The van der Waals surface area contributed by atoms with Crippen molar-refractivity contribution in [1.29, 1.82) is 0 Å². The number of hydrogen-bond donors (Lipinski definition) is 1. The van der Waals surface area contributed by atoms with Crippen LogP contribution in [-0.4, -0.2) is 50.4 Å². The predicted molar refractivity (Wildman–Crippen MR) is 110 cm³/mol. The highest BCUT2D eigenvalue weighted by molar-refractivity contribution is 6.07. The van der Waals surface area contributed by atoms with Gasteiger partial charge >= 0.3 is 0 Å². The van der Waals surface area contributed by atoms with Crippen molar-refractivity contribution >= 4 is 16.8 Å². The number of H-pyrrole nitrogens is 1. The van der Waals surface area contributed by atoms with Crippen molar-refractivity contribution in [3.63, 3.8) is 0 Å². The van der Waals surface area contributed by atoms with Crippen molar-refractivity contribution in [3.8, 4) is 0 Å². The zero-order valence-electron chi connectivity index (χ0n) is 16.5. The Morgan fingerprint density at radius 3 is 2.90 bits per heavy atom. The maximum Gasteiger partial charge on any atom is 0.255 e. The van der Waals surface area contributed by atoms with E-state index in [0.29, 0.717) is 12.1 Å². The van der Waals surface area contributed by atoms with Crippen LogP contribution in [0.25, 0.3) is 10.9 Å². The highest BCUT2D eigenvalue weighted by atomic mass is 16.5. The van der Waals surface area contributed by atoms with Crippen LogP contribution in [0.3, 0.4) is 0 Å². The second kappa shape index (κ2) is 6.73. The normalized spacial score (nSPS) is 23.6. The molecule has 6 rings (SSSR count). The van der Waals surface area contributed by atoms with Crippen LogP contribution in [0.1, 0.15) is 47.3 Å². The number of benzene rings is 1. The van der Waals surface area contributed by atoms with Crippen LogP contribution in [0.2, 0.25) is 0 Å². The number of ether oxygens (including phenoxy) is 1. The fourth-order valence-electron chi connectivity index (χ4n) is 4.97. The van der Waals surface area contributed by atoms with Gasteiger partial charge in [0.1, 0.15) is 0 Å². The number of nitrogens with zero attached hydrogens (tertiary/aromatic N) is 3. The van der Waals surface area contributed by atoms with Crippen LogP contribution in [0.15, 0.2) is 36.7 Å². The summed E-state index contributed by atoms with van der Waals surface area (Å²) in [6.07, 6.45) is 10.6. The fraction of sp³-hybridized carbons (Fsp3) is 0.478. The molecule has 1 saturated carbocycles. The van der Waals surface area contributed by atoms with Gasteiger partial charge in [-0.1, -0.05) is 6.07 Å². The summed E-state index contributed by atoms with van der Waals surface area (Å²) in [4.78, 5) is 15.9. The Kier molecular flexibility index (Phi) is 4.01. The molecule has 0 bridgehead atoms. The molecule has 3 aliphatic rings. The van der Waals surface area contributed by atoms with Crippen molar-refractivity contribution in [2.45, 2.75) is 63.3 Å². The molecule has 1 aliphatic heterocycles. The molecular formula is C23H26N4O2. The topological polar surface area (TPSA) is 63.1 Å². The van der Waals surface area contributed by atoms with Gasteiger partial charge in [-0.15, -0.1) is 0 Å². The minimum Gasteiger partial charge on any atom is -0.376 e. The molecule has 6 nitrogen and oxygen atoms in total. The summed E-state index contributed by atoms with van der Waals surface area (Å²) in [5.41, 5.74) is 4.47. The Morgan fingerprint density at radius 2 is 2.10 bits per heavy atom. The van der Waals surface area contributed by atoms with Crippen LogP contribution in [0.4, 0.5) is 0 Å². The molecule has 2 atom stereocenters. The van der Waals surface area contributed by atoms with Gasteiger partial charge in [-0.05, 0) is 62.3 Å². The minimum absolute atomic E-state index is 0.188. The molecule has 2 aliphatic carbocycles. The second-order valence-corrected chi connectivity index (χ2v) is 8.70. The van der Waals surface area contributed by atoms with Gasteiger partial charge in [0.05, 0.1) is 12.3 Å². The van der Waals surface area contributed by atoms with Gasteiger partial charge in [0.15, 0.2) is 0 Å². The van der Waals surface area contributed by atoms with Crippen molar-refractivity contribution in [3.05, 3.63) is 53.5 Å². The maximum absolute atomic E-state index is 13.8. The monoisotopic (exact) mass is 390 g/mol. The van der Waals surface area contributed by atoms with Crippen LogP contribution < -0.4 is 0 Å². The highest BCUT2D eigenvalue weighted by Gasteiger charge is 2.39. The Hall–Kier alpha value is -2.60. The number of aromatic amines is 1. The van der Waals surface area contributed by atoms with Crippen LogP contribution in [-0.2, 0) is 24.1 Å². The summed E-state index contributed by atoms with van der Waals surface area (Å²) in [6.45, 7) is 1.73. The first-order valence-corrected chi connectivity index (χ1v) is 10.8. The average molecular weight is 390 g/mol. The van der Waals surface area contributed by atoms with E-state index in [4.69, 9.17) is 4.74 Å². The number of carbonyl (C=O) groups excluding carboxylic acids is 1. The van der Waals surface area contributed by atoms with Crippen LogP contribution >= 0.6 is 0 Å². The zero-order chi connectivity index (χ0) is 19.4. The van der Waals surface area contributed by atoms with Gasteiger partial charge < -0.3 is 14.2 Å². The third kappa shape index (κ3) is 2.97. The first-order valence-electron chi connectivity index (χ1n) is 10.8. The Balaban J connectivity index is 1.32. The summed E-state index contributed by atoms with van der Waals surface area (Å²) in [7, 11) is 0. The van der Waals surface area contributed by atoms with Gasteiger partial charge in [0.2, 0.25) is 0 Å². The first-order chi connectivity index (χ1) is 14.3. The second-order valence-electron chi connectivity index (χ2n) is 8.70. The number of aryl methyl sites for hydroxylation is 1. The molecule has 1 saturated heterocycles. The Bertz CT molecular complexity index is 1060. The minimum atomic E-state index is 0.188. The molecule has 1 aromatic carbocycles. The molecule has 2 fully saturated rings. The number of aromatic nitrogens is 3. The number of hydrogen-bond acceptors (Lipinski definition) is 3. The molecule has 0 spiro atoms. The molecule has 2 unspecified atom stereocenters. The van der Waals surface area contributed by atoms with Crippen molar-refractivity contribution in [1.82, 2.24) is 19.7 Å². The smallest absolute Gasteiger partial charge is 0.255 e. The molecule has 6 heteroatoms. The van der Waals surface area contributed by atoms with E-state index in [0.717, 1.165) is 68.1 Å². The number of rotatable bonds is 5. The van der Waals surface area contributed by atoms with E-state index in [1.54, 1.807) is 0 Å². The van der Waals surface area contributed by atoms with Crippen LogP contribution in [0.5, 0.6) is 0 Å². The molecule has 2 aromatic heterocycles. The summed E-state index contributed by atoms with van der Waals surface area (Å²) in [5, 5.41) is 8.36. The molecule has 0 radical (unpaired) electrons. The van der Waals surface area contributed by atoms with E-state index >= 15 is 0 Å². The van der Waals surface area contributed by atoms with Gasteiger partial charge in [0, 0.05) is 53.6 Å². The molecule has 29 heavy (non-hydrogen) atoms. The van der Waals surface area contributed by atoms with E-state index in [1.807, 2.05) is 18.3 Å². The molecular weight excluding hydrogens is 364 g/mol.